The Bertz CT molecular complexity index is 1590. The van der Waals surface area contributed by atoms with Gasteiger partial charge in [0.15, 0.2) is 5.78 Å². The van der Waals surface area contributed by atoms with Crippen LogP contribution in [0, 0.1) is 5.82 Å². The molecule has 8 nitrogen and oxygen atoms in total. The molecule has 39 heavy (non-hydrogen) atoms. The number of oxime groups is 1. The van der Waals surface area contributed by atoms with Gasteiger partial charge in [0.05, 0.1) is 11.6 Å². The Kier molecular flexibility index (Phi) is 7.03. The Labute approximate surface area is 232 Å². The summed E-state index contributed by atoms with van der Waals surface area (Å²) in [5, 5.41) is 5.60. The molecular weight excluding hydrogens is 567 g/mol. The van der Waals surface area contributed by atoms with Crippen LogP contribution < -0.4 is 0 Å². The Hall–Kier alpha value is -3.79. The van der Waals surface area contributed by atoms with Gasteiger partial charge < -0.3 is 14.6 Å². The van der Waals surface area contributed by atoms with Crippen molar-refractivity contribution in [3.05, 3.63) is 77.9 Å². The van der Waals surface area contributed by atoms with Crippen LogP contribution in [0.2, 0.25) is 0 Å². The second-order valence-electron chi connectivity index (χ2n) is 10.0. The summed E-state index contributed by atoms with van der Waals surface area (Å²) < 4.78 is 20.4. The molecule has 10 heteroatoms. The number of hydrogen-bond acceptors (Lipinski definition) is 6. The molecule has 1 fully saturated rings. The summed E-state index contributed by atoms with van der Waals surface area (Å²) in [5.41, 5.74) is 3.31. The van der Waals surface area contributed by atoms with Gasteiger partial charge in [-0.2, -0.15) is 0 Å². The molecule has 200 valence electrons. The van der Waals surface area contributed by atoms with Gasteiger partial charge in [0, 0.05) is 59.6 Å². The third kappa shape index (κ3) is 5.38. The molecule has 0 radical (unpaired) electrons. The van der Waals surface area contributed by atoms with E-state index in [0.717, 1.165) is 37.6 Å². The number of ether oxygens (including phenoxy) is 1. The van der Waals surface area contributed by atoms with E-state index in [1.54, 1.807) is 12.3 Å². The fraction of sp³-hybridized carbons (Fsp3) is 0.310. The van der Waals surface area contributed by atoms with Crippen molar-refractivity contribution in [3.8, 4) is 0 Å². The molecule has 1 N–H and O–H groups in total. The number of nitrogens with zero attached hydrogens (tertiary/aromatic N) is 3. The lowest BCUT2D eigenvalue weighted by Crippen LogP contribution is -2.41. The number of aromatic amines is 1. The van der Waals surface area contributed by atoms with Gasteiger partial charge in [0.2, 0.25) is 0 Å². The molecule has 0 bridgehead atoms. The number of nitrogens with one attached hydrogen (secondary N) is 1. The minimum Gasteiger partial charge on any atom is -0.444 e. The number of benzene rings is 2. The van der Waals surface area contributed by atoms with Crippen LogP contribution in [0.5, 0.6) is 0 Å². The summed E-state index contributed by atoms with van der Waals surface area (Å²) in [7, 11) is 0. The number of fused-ring (bicyclic) bond motifs is 2. The van der Waals surface area contributed by atoms with Crippen LogP contribution in [0.25, 0.3) is 21.8 Å². The summed E-state index contributed by atoms with van der Waals surface area (Å²) in [4.78, 5) is 41.2. The van der Waals surface area contributed by atoms with Gasteiger partial charge in [-0.05, 0) is 64.7 Å². The van der Waals surface area contributed by atoms with E-state index in [4.69, 9.17) is 9.57 Å². The number of pyridine rings is 1. The van der Waals surface area contributed by atoms with E-state index in [1.807, 2.05) is 36.5 Å². The topological polar surface area (TPSA) is 96.9 Å². The van der Waals surface area contributed by atoms with Crippen molar-refractivity contribution in [2.24, 2.45) is 5.16 Å². The quantitative estimate of drug-likeness (QED) is 0.276. The maximum atomic E-state index is 14.0. The van der Waals surface area contributed by atoms with Gasteiger partial charge in [-0.15, -0.1) is 0 Å². The molecule has 1 amide bonds. The maximum Gasteiger partial charge on any atom is 0.410 e. The standard InChI is InChI=1S/C29H26BrFN4O4/c30-28-12-21(39-34-28)6-8-27(36)26-10-19(23-14-33-25-7-5-20(31)11-22(23)25)15-35(26)29(37)38-16-17-9-18-3-1-2-4-24(18)32-13-17/h1-5,7,9,11,13-14,19,21,26,33H,6,8,10,12,15-16H2/t19-,21-,26+/m1/s1. The fourth-order valence-electron chi connectivity index (χ4n) is 5.46. The van der Waals surface area contributed by atoms with Gasteiger partial charge in [0.1, 0.15) is 23.1 Å². The number of H-pyrrole nitrogens is 1. The van der Waals surface area contributed by atoms with Crippen molar-refractivity contribution < 1.29 is 23.6 Å². The number of amides is 1. The van der Waals surface area contributed by atoms with Crippen molar-refractivity contribution in [2.45, 2.75) is 50.4 Å². The molecule has 4 heterocycles. The number of carbonyl (C=O) groups is 2. The molecule has 0 saturated carbocycles. The van der Waals surface area contributed by atoms with Crippen molar-refractivity contribution in [3.63, 3.8) is 0 Å². The molecule has 1 saturated heterocycles. The largest absolute Gasteiger partial charge is 0.444 e. The number of carbonyl (C=O) groups excluding carboxylic acids is 2. The zero-order valence-electron chi connectivity index (χ0n) is 21.0. The van der Waals surface area contributed by atoms with Crippen LogP contribution in [0.1, 0.15) is 42.7 Å². The van der Waals surface area contributed by atoms with Gasteiger partial charge in [-0.25, -0.2) is 9.18 Å². The number of para-hydroxylation sites is 1. The average Bonchev–Trinajstić information content (AvgIpc) is 3.68. The molecule has 0 aliphatic carbocycles. The lowest BCUT2D eigenvalue weighted by Gasteiger charge is -2.23. The Morgan fingerprint density at radius 2 is 2.08 bits per heavy atom. The number of rotatable bonds is 7. The van der Waals surface area contributed by atoms with Gasteiger partial charge >= 0.3 is 6.09 Å². The number of halogens is 2. The first-order valence-corrected chi connectivity index (χ1v) is 13.7. The average molecular weight is 593 g/mol. The minimum atomic E-state index is -0.651. The highest BCUT2D eigenvalue weighted by molar-refractivity contribution is 9.18. The van der Waals surface area contributed by atoms with E-state index in [-0.39, 0.29) is 36.7 Å². The first-order chi connectivity index (χ1) is 18.9. The highest BCUT2D eigenvalue weighted by Gasteiger charge is 2.41. The Balaban J connectivity index is 1.19. The van der Waals surface area contributed by atoms with Gasteiger partial charge in [-0.3, -0.25) is 14.7 Å². The number of ketones is 1. The van der Waals surface area contributed by atoms with Crippen LogP contribution in [-0.2, 0) is 21.0 Å². The van der Waals surface area contributed by atoms with E-state index in [9.17, 15) is 14.0 Å². The molecule has 2 aliphatic heterocycles. The third-order valence-electron chi connectivity index (χ3n) is 7.44. The fourth-order valence-corrected chi connectivity index (χ4v) is 5.91. The van der Waals surface area contributed by atoms with Gasteiger partial charge in [-0.1, -0.05) is 23.4 Å². The molecule has 0 unspecified atom stereocenters. The third-order valence-corrected chi connectivity index (χ3v) is 7.91. The number of likely N-dealkylation sites (tertiary alicyclic amines) is 1. The highest BCUT2D eigenvalue weighted by Crippen LogP contribution is 2.37. The van der Waals surface area contributed by atoms with Crippen molar-refractivity contribution in [2.75, 3.05) is 6.54 Å². The number of hydrogen-bond donors (Lipinski definition) is 1. The van der Waals surface area contributed by atoms with Crippen molar-refractivity contribution >= 4 is 54.2 Å². The minimum absolute atomic E-state index is 0.0400. The highest BCUT2D eigenvalue weighted by atomic mass is 79.9. The van der Waals surface area contributed by atoms with Crippen LogP contribution >= 0.6 is 15.9 Å². The Morgan fingerprint density at radius 3 is 2.92 bits per heavy atom. The van der Waals surface area contributed by atoms with Gasteiger partial charge in [0.25, 0.3) is 0 Å². The Morgan fingerprint density at radius 1 is 1.21 bits per heavy atom. The van der Waals surface area contributed by atoms with Crippen LogP contribution in [0.4, 0.5) is 9.18 Å². The zero-order chi connectivity index (χ0) is 26.9. The molecule has 0 spiro atoms. The maximum absolute atomic E-state index is 14.0. The van der Waals surface area contributed by atoms with Crippen molar-refractivity contribution in [1.29, 1.82) is 0 Å². The van der Waals surface area contributed by atoms with Crippen LogP contribution in [0.15, 0.2) is 66.1 Å². The van der Waals surface area contributed by atoms with E-state index in [1.165, 1.54) is 17.0 Å². The first kappa shape index (κ1) is 25.5. The lowest BCUT2D eigenvalue weighted by molar-refractivity contribution is -0.123. The van der Waals surface area contributed by atoms with E-state index >= 15 is 0 Å². The van der Waals surface area contributed by atoms with Crippen LogP contribution in [-0.4, -0.2) is 50.1 Å². The van der Waals surface area contributed by atoms with E-state index < -0.39 is 12.1 Å². The lowest BCUT2D eigenvalue weighted by atomic mass is 9.93. The monoisotopic (exact) mass is 592 g/mol. The summed E-state index contributed by atoms with van der Waals surface area (Å²) in [6.07, 6.45) is 4.60. The molecule has 3 atom stereocenters. The first-order valence-electron chi connectivity index (χ1n) is 12.9. The molecule has 2 aromatic heterocycles. The van der Waals surface area contributed by atoms with E-state index in [0.29, 0.717) is 25.8 Å². The normalized spacial score (nSPS) is 20.8. The van der Waals surface area contributed by atoms with Crippen LogP contribution in [0.3, 0.4) is 0 Å². The summed E-state index contributed by atoms with van der Waals surface area (Å²) >= 11 is 3.32. The molecule has 6 rings (SSSR count). The second-order valence-corrected chi connectivity index (χ2v) is 10.9. The smallest absolute Gasteiger partial charge is 0.410 e. The summed E-state index contributed by atoms with van der Waals surface area (Å²) in [6.45, 7) is 0.335. The SMILES string of the molecule is O=C(CC[C@@H]1CC(Br)=NO1)[C@@H]1C[C@@H](c2c[nH]c3ccc(F)cc23)CN1C(=O)OCc1cnc2ccccc2c1. The second kappa shape index (κ2) is 10.8. The molecule has 2 aliphatic rings. The summed E-state index contributed by atoms with van der Waals surface area (Å²) in [6, 6.07) is 13.6. The molecule has 4 aromatic rings. The summed E-state index contributed by atoms with van der Waals surface area (Å²) in [5.74, 6) is -0.539. The number of aromatic nitrogens is 2. The predicted octanol–water partition coefficient (Wildman–Crippen LogP) is 6.20. The molecular formula is C29H26BrFN4O4. The van der Waals surface area contributed by atoms with E-state index in [2.05, 4.69) is 31.1 Å². The number of Topliss-reactive ketones (excluding diaryl/α,β-unsaturated/α-hetero) is 1. The predicted molar refractivity (Wildman–Crippen MR) is 148 cm³/mol. The van der Waals surface area contributed by atoms with Crippen molar-refractivity contribution in [1.82, 2.24) is 14.9 Å². The zero-order valence-corrected chi connectivity index (χ0v) is 22.6. The molecule has 2 aromatic carbocycles.